The molecule has 1 heterocycles. The molecular weight excluding hydrogens is 316 g/mol. The first-order valence-corrected chi connectivity index (χ1v) is 6.61. The second kappa shape index (κ2) is 5.78. The van der Waals surface area contributed by atoms with Crippen molar-refractivity contribution in [2.45, 2.75) is 13.0 Å². The van der Waals surface area contributed by atoms with Crippen molar-refractivity contribution in [1.29, 1.82) is 0 Å². The Morgan fingerprint density at radius 2 is 1.89 bits per heavy atom. The van der Waals surface area contributed by atoms with Crippen LogP contribution in [-0.4, -0.2) is 17.1 Å². The van der Waals surface area contributed by atoms with Gasteiger partial charge in [-0.3, -0.25) is 0 Å². The lowest BCUT2D eigenvalue weighted by molar-refractivity contribution is 0.112. The molecule has 0 saturated carbocycles. The SMILES string of the molecule is COC(C)c1nc(Cl)c(Br)c(-c2ccccc2)n1. The number of halogens is 2. The standard InChI is InChI=1S/C13H12BrClN2O/c1-8(18-2)13-16-11(10(14)12(15)17-13)9-6-4-3-5-7-9/h3-8H,1-2H3. The van der Waals surface area contributed by atoms with Crippen LogP contribution in [0.2, 0.25) is 5.15 Å². The number of hydrogen-bond donors (Lipinski definition) is 0. The minimum Gasteiger partial charge on any atom is -0.374 e. The lowest BCUT2D eigenvalue weighted by Gasteiger charge is -2.12. The highest BCUT2D eigenvalue weighted by Gasteiger charge is 2.15. The van der Waals surface area contributed by atoms with Gasteiger partial charge in [-0.25, -0.2) is 9.97 Å². The first-order chi connectivity index (χ1) is 8.63. The second-order valence-electron chi connectivity index (χ2n) is 3.78. The molecule has 0 N–H and O–H groups in total. The van der Waals surface area contributed by atoms with Crippen molar-refractivity contribution >= 4 is 27.5 Å². The van der Waals surface area contributed by atoms with E-state index in [9.17, 15) is 0 Å². The number of aromatic nitrogens is 2. The topological polar surface area (TPSA) is 35.0 Å². The summed E-state index contributed by atoms with van der Waals surface area (Å²) >= 11 is 9.54. The van der Waals surface area contributed by atoms with Gasteiger partial charge in [0.25, 0.3) is 0 Å². The van der Waals surface area contributed by atoms with Gasteiger partial charge in [-0.2, -0.15) is 0 Å². The van der Waals surface area contributed by atoms with Crippen LogP contribution >= 0.6 is 27.5 Å². The van der Waals surface area contributed by atoms with Crippen LogP contribution in [0.4, 0.5) is 0 Å². The Morgan fingerprint density at radius 3 is 2.50 bits per heavy atom. The molecule has 0 saturated heterocycles. The van der Waals surface area contributed by atoms with Gasteiger partial charge in [-0.15, -0.1) is 0 Å². The Morgan fingerprint density at radius 1 is 1.22 bits per heavy atom. The molecule has 1 aromatic heterocycles. The molecule has 5 heteroatoms. The Balaban J connectivity index is 2.56. The average molecular weight is 328 g/mol. The monoisotopic (exact) mass is 326 g/mol. The number of benzene rings is 1. The van der Waals surface area contributed by atoms with Gasteiger partial charge >= 0.3 is 0 Å². The number of hydrogen-bond acceptors (Lipinski definition) is 3. The summed E-state index contributed by atoms with van der Waals surface area (Å²) in [5.41, 5.74) is 1.76. The van der Waals surface area contributed by atoms with Gasteiger partial charge in [0, 0.05) is 12.7 Å². The molecule has 0 aliphatic rings. The molecule has 94 valence electrons. The third kappa shape index (κ3) is 2.71. The van der Waals surface area contributed by atoms with Gasteiger partial charge in [0.1, 0.15) is 11.3 Å². The molecule has 2 aromatic rings. The summed E-state index contributed by atoms with van der Waals surface area (Å²) in [5, 5.41) is 0.391. The molecule has 18 heavy (non-hydrogen) atoms. The Hall–Kier alpha value is -0.970. The number of rotatable bonds is 3. The first kappa shape index (κ1) is 13.5. The zero-order valence-electron chi connectivity index (χ0n) is 10.0. The average Bonchev–Trinajstić information content (AvgIpc) is 2.41. The van der Waals surface area contributed by atoms with Gasteiger partial charge in [0.05, 0.1) is 10.2 Å². The van der Waals surface area contributed by atoms with Crippen LogP contribution in [0.1, 0.15) is 18.9 Å². The number of nitrogens with zero attached hydrogens (tertiary/aromatic N) is 2. The first-order valence-electron chi connectivity index (χ1n) is 5.44. The molecule has 1 unspecified atom stereocenters. The molecule has 1 atom stereocenters. The van der Waals surface area contributed by atoms with E-state index < -0.39 is 0 Å². The second-order valence-corrected chi connectivity index (χ2v) is 4.93. The van der Waals surface area contributed by atoms with Crippen molar-refractivity contribution in [2.75, 3.05) is 7.11 Å². The molecule has 0 bridgehead atoms. The molecule has 0 amide bonds. The van der Waals surface area contributed by atoms with E-state index >= 15 is 0 Å². The maximum atomic E-state index is 6.12. The van der Waals surface area contributed by atoms with Crippen LogP contribution in [-0.2, 0) is 4.74 Å². The third-order valence-electron chi connectivity index (χ3n) is 2.59. The van der Waals surface area contributed by atoms with Crippen LogP contribution < -0.4 is 0 Å². The minimum atomic E-state index is -0.196. The van der Waals surface area contributed by atoms with E-state index in [1.54, 1.807) is 7.11 Å². The summed E-state index contributed by atoms with van der Waals surface area (Å²) in [6.45, 7) is 1.88. The summed E-state index contributed by atoms with van der Waals surface area (Å²) in [6, 6.07) is 9.82. The van der Waals surface area contributed by atoms with E-state index in [4.69, 9.17) is 16.3 Å². The van der Waals surface area contributed by atoms with E-state index in [0.717, 1.165) is 11.3 Å². The zero-order chi connectivity index (χ0) is 13.1. The maximum Gasteiger partial charge on any atom is 0.159 e. The third-order valence-corrected chi connectivity index (χ3v) is 3.85. The van der Waals surface area contributed by atoms with Crippen LogP contribution in [0.25, 0.3) is 11.3 Å². The van der Waals surface area contributed by atoms with Crippen molar-refractivity contribution < 1.29 is 4.74 Å². The maximum absolute atomic E-state index is 6.12. The normalized spacial score (nSPS) is 12.4. The Kier molecular flexibility index (Phi) is 4.32. The highest BCUT2D eigenvalue weighted by Crippen LogP contribution is 2.32. The summed E-state index contributed by atoms with van der Waals surface area (Å²) in [4.78, 5) is 8.72. The van der Waals surface area contributed by atoms with Crippen molar-refractivity contribution in [3.63, 3.8) is 0 Å². The minimum absolute atomic E-state index is 0.196. The predicted molar refractivity (Wildman–Crippen MR) is 75.6 cm³/mol. The Bertz CT molecular complexity index is 548. The molecule has 0 spiro atoms. The summed E-state index contributed by atoms with van der Waals surface area (Å²) in [7, 11) is 1.62. The van der Waals surface area contributed by atoms with Crippen molar-refractivity contribution in [3.8, 4) is 11.3 Å². The molecule has 0 aliphatic heterocycles. The Labute approximate surface area is 119 Å². The lowest BCUT2D eigenvalue weighted by atomic mass is 10.1. The molecule has 1 aromatic carbocycles. The van der Waals surface area contributed by atoms with Crippen molar-refractivity contribution in [1.82, 2.24) is 9.97 Å². The van der Waals surface area contributed by atoms with Gasteiger partial charge in [0.2, 0.25) is 0 Å². The quantitative estimate of drug-likeness (QED) is 0.790. The number of methoxy groups -OCH3 is 1. The molecule has 0 fully saturated rings. The van der Waals surface area contributed by atoms with Gasteiger partial charge in [0.15, 0.2) is 5.82 Å². The highest BCUT2D eigenvalue weighted by atomic mass is 79.9. The van der Waals surface area contributed by atoms with Gasteiger partial charge in [-0.1, -0.05) is 41.9 Å². The molecule has 0 aliphatic carbocycles. The van der Waals surface area contributed by atoms with Gasteiger partial charge in [-0.05, 0) is 22.9 Å². The van der Waals surface area contributed by atoms with Crippen LogP contribution in [0.5, 0.6) is 0 Å². The lowest BCUT2D eigenvalue weighted by Crippen LogP contribution is -2.05. The van der Waals surface area contributed by atoms with E-state index in [1.807, 2.05) is 37.3 Å². The summed E-state index contributed by atoms with van der Waals surface area (Å²) < 4.78 is 5.92. The van der Waals surface area contributed by atoms with Gasteiger partial charge < -0.3 is 4.74 Å². The molecule has 2 rings (SSSR count). The molecule has 3 nitrogen and oxygen atoms in total. The fraction of sp³-hybridized carbons (Fsp3) is 0.231. The van der Waals surface area contributed by atoms with Crippen LogP contribution in [0, 0.1) is 0 Å². The van der Waals surface area contributed by atoms with E-state index in [-0.39, 0.29) is 6.10 Å². The fourth-order valence-corrected chi connectivity index (χ4v) is 2.09. The smallest absolute Gasteiger partial charge is 0.159 e. The number of ether oxygens (including phenoxy) is 1. The van der Waals surface area contributed by atoms with E-state index in [2.05, 4.69) is 25.9 Å². The van der Waals surface area contributed by atoms with E-state index in [1.165, 1.54) is 0 Å². The zero-order valence-corrected chi connectivity index (χ0v) is 12.4. The fourth-order valence-electron chi connectivity index (χ4n) is 1.51. The van der Waals surface area contributed by atoms with Crippen molar-refractivity contribution in [2.24, 2.45) is 0 Å². The highest BCUT2D eigenvalue weighted by molar-refractivity contribution is 9.10. The van der Waals surface area contributed by atoms with Crippen LogP contribution in [0.3, 0.4) is 0 Å². The molecule has 0 radical (unpaired) electrons. The summed E-state index contributed by atoms with van der Waals surface area (Å²) in [6.07, 6.45) is -0.196. The largest absolute Gasteiger partial charge is 0.374 e. The van der Waals surface area contributed by atoms with E-state index in [0.29, 0.717) is 15.5 Å². The summed E-state index contributed by atoms with van der Waals surface area (Å²) in [5.74, 6) is 0.574. The predicted octanol–water partition coefficient (Wildman–Crippen LogP) is 4.27. The van der Waals surface area contributed by atoms with Crippen molar-refractivity contribution in [3.05, 3.63) is 45.8 Å². The molecular formula is C13H12BrClN2O. The van der Waals surface area contributed by atoms with Crippen LogP contribution in [0.15, 0.2) is 34.8 Å².